The first-order chi connectivity index (χ1) is 19.5. The highest BCUT2D eigenvalue weighted by Crippen LogP contribution is 2.63. The van der Waals surface area contributed by atoms with E-state index in [4.69, 9.17) is 4.74 Å². The molecule has 3 aliphatic rings. The van der Waals surface area contributed by atoms with Crippen molar-refractivity contribution < 1.29 is 14.3 Å². The Labute approximate surface area is 238 Å². The van der Waals surface area contributed by atoms with Gasteiger partial charge in [-0.3, -0.25) is 9.59 Å². The van der Waals surface area contributed by atoms with Crippen molar-refractivity contribution in [3.63, 3.8) is 0 Å². The topological polar surface area (TPSA) is 46.6 Å². The van der Waals surface area contributed by atoms with Crippen LogP contribution in [0.25, 0.3) is 5.57 Å². The van der Waals surface area contributed by atoms with Crippen LogP contribution in [0, 0.1) is 0 Å². The number of carbonyl (C=O) groups is 2. The van der Waals surface area contributed by atoms with Crippen LogP contribution in [0.1, 0.15) is 35.3 Å². The van der Waals surface area contributed by atoms with E-state index in [0.29, 0.717) is 16.9 Å². The Morgan fingerprint density at radius 1 is 0.800 bits per heavy atom. The number of fused-ring (bicyclic) bond motifs is 4. The highest BCUT2D eigenvalue weighted by Gasteiger charge is 2.64. The average molecular weight is 542 g/mol. The summed E-state index contributed by atoms with van der Waals surface area (Å²) >= 11 is 1.72. The Morgan fingerprint density at radius 2 is 1.40 bits per heavy atom. The first kappa shape index (κ1) is 24.7. The van der Waals surface area contributed by atoms with E-state index >= 15 is 0 Å². The maximum Gasteiger partial charge on any atom is 0.190 e. The van der Waals surface area contributed by atoms with Gasteiger partial charge >= 0.3 is 0 Å². The lowest BCUT2D eigenvalue weighted by Crippen LogP contribution is -2.61. The smallest absolute Gasteiger partial charge is 0.190 e. The second-order valence-corrected chi connectivity index (χ2v) is 11.4. The van der Waals surface area contributed by atoms with Gasteiger partial charge in [0.2, 0.25) is 0 Å². The number of ketones is 2. The monoisotopic (exact) mass is 541 g/mol. The molecule has 196 valence electrons. The molecule has 7 rings (SSSR count). The largest absolute Gasteiger partial charge is 0.479 e. The van der Waals surface area contributed by atoms with E-state index in [-0.39, 0.29) is 16.9 Å². The van der Waals surface area contributed by atoms with Gasteiger partial charge in [-0.2, -0.15) is 0 Å². The van der Waals surface area contributed by atoms with Crippen LogP contribution in [0.4, 0.5) is 5.69 Å². The molecule has 4 aromatic carbocycles. The molecule has 0 spiro atoms. The van der Waals surface area contributed by atoms with Crippen LogP contribution in [0.3, 0.4) is 0 Å². The van der Waals surface area contributed by atoms with Gasteiger partial charge in [0, 0.05) is 27.2 Å². The molecule has 3 atom stereocenters. The summed E-state index contributed by atoms with van der Waals surface area (Å²) in [4.78, 5) is 31.6. The molecule has 0 aliphatic carbocycles. The molecule has 0 saturated heterocycles. The summed E-state index contributed by atoms with van der Waals surface area (Å²) in [5.41, 5.74) is 4.58. The quantitative estimate of drug-likeness (QED) is 0.246. The number of allylic oxidation sites excluding steroid dienone is 1. The lowest BCUT2D eigenvalue weighted by atomic mass is 9.69. The van der Waals surface area contributed by atoms with Crippen molar-refractivity contribution in [2.75, 3.05) is 4.90 Å². The number of carbonyl (C=O) groups excluding carboxylic acids is 2. The van der Waals surface area contributed by atoms with Crippen LogP contribution < -0.4 is 4.90 Å². The van der Waals surface area contributed by atoms with Gasteiger partial charge in [-0.25, -0.2) is 0 Å². The number of para-hydroxylation sites is 1. The summed E-state index contributed by atoms with van der Waals surface area (Å²) in [6.07, 6.45) is 0. The summed E-state index contributed by atoms with van der Waals surface area (Å²) in [7, 11) is 0. The molecule has 5 heteroatoms. The highest BCUT2D eigenvalue weighted by molar-refractivity contribution is 8.01. The van der Waals surface area contributed by atoms with Gasteiger partial charge in [0.05, 0.1) is 11.3 Å². The Balaban J connectivity index is 1.64. The summed E-state index contributed by atoms with van der Waals surface area (Å²) in [6, 6.07) is 37.0. The number of Topliss-reactive ketones (excluding diaryl/α,β-unsaturated/α-hetero) is 2. The Bertz CT molecular complexity index is 1710. The van der Waals surface area contributed by atoms with E-state index in [1.807, 2.05) is 97.9 Å². The molecule has 3 aliphatic heterocycles. The summed E-state index contributed by atoms with van der Waals surface area (Å²) in [5.74, 6) is 0.428. The summed E-state index contributed by atoms with van der Waals surface area (Å²) in [6.45, 7) is 3.45. The number of hydrogen-bond acceptors (Lipinski definition) is 5. The van der Waals surface area contributed by atoms with E-state index in [1.165, 1.54) is 0 Å². The average Bonchev–Trinajstić information content (AvgIpc) is 3.52. The minimum absolute atomic E-state index is 0.0473. The number of nitrogens with zero attached hydrogens (tertiary/aromatic N) is 1. The van der Waals surface area contributed by atoms with Crippen molar-refractivity contribution in [2.45, 2.75) is 35.8 Å². The molecule has 0 bridgehead atoms. The standard InChI is InChI=1S/C35H27NO3S/c1-22(37)29-23(2)39-35(26-18-10-5-11-19-26)31(29)30(24-14-6-3-7-15-24)34-36(27-20-12-13-21-28(27)40-34)33(35)32(38)25-16-8-4-9-17-25/h3-21,33-34H,1-2H3/t33-,34+,35+/m0/s1. The first-order valence-electron chi connectivity index (χ1n) is 13.4. The van der Waals surface area contributed by atoms with Crippen molar-refractivity contribution in [3.8, 4) is 0 Å². The third-order valence-electron chi connectivity index (χ3n) is 8.05. The van der Waals surface area contributed by atoms with Crippen LogP contribution in [0.5, 0.6) is 0 Å². The van der Waals surface area contributed by atoms with Crippen molar-refractivity contribution in [2.24, 2.45) is 0 Å². The fourth-order valence-electron chi connectivity index (χ4n) is 6.54. The van der Waals surface area contributed by atoms with Gasteiger partial charge in [0.1, 0.15) is 17.2 Å². The number of anilines is 1. The molecule has 4 aromatic rings. The molecule has 40 heavy (non-hydrogen) atoms. The van der Waals surface area contributed by atoms with Crippen molar-refractivity contribution in [1.82, 2.24) is 0 Å². The fraction of sp³-hybridized carbons (Fsp3) is 0.143. The van der Waals surface area contributed by atoms with E-state index in [2.05, 4.69) is 29.2 Å². The Morgan fingerprint density at radius 3 is 2.08 bits per heavy atom. The molecule has 0 fully saturated rings. The second-order valence-electron chi connectivity index (χ2n) is 10.3. The zero-order chi connectivity index (χ0) is 27.4. The predicted octanol–water partition coefficient (Wildman–Crippen LogP) is 7.43. The van der Waals surface area contributed by atoms with Crippen LogP contribution >= 0.6 is 11.8 Å². The van der Waals surface area contributed by atoms with Crippen molar-refractivity contribution >= 4 is 34.6 Å². The van der Waals surface area contributed by atoms with E-state index in [9.17, 15) is 9.59 Å². The summed E-state index contributed by atoms with van der Waals surface area (Å²) < 4.78 is 6.97. The van der Waals surface area contributed by atoms with Crippen LogP contribution in [-0.2, 0) is 15.1 Å². The van der Waals surface area contributed by atoms with E-state index in [0.717, 1.165) is 32.9 Å². The molecule has 0 radical (unpaired) electrons. The second kappa shape index (κ2) is 9.39. The molecule has 4 nitrogen and oxygen atoms in total. The van der Waals surface area contributed by atoms with Crippen molar-refractivity contribution in [1.29, 1.82) is 0 Å². The van der Waals surface area contributed by atoms with Gasteiger partial charge in [-0.15, -0.1) is 0 Å². The molecule has 0 amide bonds. The van der Waals surface area contributed by atoms with E-state index in [1.54, 1.807) is 18.7 Å². The van der Waals surface area contributed by atoms with Gasteiger partial charge in [-0.1, -0.05) is 115 Å². The molecular weight excluding hydrogens is 514 g/mol. The normalized spacial score (nSPS) is 22.9. The fourth-order valence-corrected chi connectivity index (χ4v) is 7.96. The number of hydrogen-bond donors (Lipinski definition) is 0. The number of thioether (sulfide) groups is 1. The highest BCUT2D eigenvalue weighted by atomic mass is 32.2. The predicted molar refractivity (Wildman–Crippen MR) is 159 cm³/mol. The maximum absolute atomic E-state index is 14.8. The number of ether oxygens (including phenoxy) is 1. The molecule has 3 heterocycles. The lowest BCUT2D eigenvalue weighted by molar-refractivity contribution is -0.113. The lowest BCUT2D eigenvalue weighted by Gasteiger charge is -2.50. The van der Waals surface area contributed by atoms with Crippen LogP contribution in [-0.4, -0.2) is 23.0 Å². The minimum Gasteiger partial charge on any atom is -0.479 e. The maximum atomic E-state index is 14.8. The van der Waals surface area contributed by atoms with Crippen LogP contribution in [0.2, 0.25) is 0 Å². The van der Waals surface area contributed by atoms with E-state index < -0.39 is 11.6 Å². The van der Waals surface area contributed by atoms with Crippen molar-refractivity contribution in [3.05, 3.63) is 149 Å². The Hall–Kier alpha value is -4.35. The van der Waals surface area contributed by atoms with Gasteiger partial charge < -0.3 is 9.64 Å². The third kappa shape index (κ3) is 3.47. The first-order valence-corrected chi connectivity index (χ1v) is 14.3. The molecule has 0 saturated carbocycles. The summed E-state index contributed by atoms with van der Waals surface area (Å²) in [5, 5.41) is -0.229. The molecule has 0 N–H and O–H groups in total. The third-order valence-corrected chi connectivity index (χ3v) is 9.33. The molecular formula is C35H27NO3S. The van der Waals surface area contributed by atoms with Crippen LogP contribution in [0.15, 0.2) is 137 Å². The Kier molecular flexibility index (Phi) is 5.79. The number of benzene rings is 4. The number of rotatable bonds is 5. The van der Waals surface area contributed by atoms with Gasteiger partial charge in [0.25, 0.3) is 0 Å². The molecule has 0 aromatic heterocycles. The molecule has 0 unspecified atom stereocenters. The van der Waals surface area contributed by atoms with Gasteiger partial charge in [-0.05, 0) is 31.5 Å². The minimum atomic E-state index is -1.24. The SMILES string of the molecule is CC(=O)C1=C(C)O[C@]2(c3ccccc3)C1=C(c1ccccc1)[C@H]1Sc3ccccc3N1[C@H]2C(=O)c1ccccc1. The van der Waals surface area contributed by atoms with Gasteiger partial charge in [0.15, 0.2) is 17.2 Å². The zero-order valence-corrected chi connectivity index (χ0v) is 23.0. The zero-order valence-electron chi connectivity index (χ0n) is 22.2.